The van der Waals surface area contributed by atoms with Gasteiger partial charge in [0.2, 0.25) is 5.91 Å². The van der Waals surface area contributed by atoms with Crippen LogP contribution in [0.5, 0.6) is 0 Å². The number of hydrogen-bond donors (Lipinski definition) is 1. The topological polar surface area (TPSA) is 43.8 Å². The molecular weight excluding hydrogens is 420 g/mol. The maximum Gasteiger partial charge on any atom is 0.234 e. The molecule has 0 saturated carbocycles. The Kier molecular flexibility index (Phi) is 8.46. The molecule has 1 fully saturated rings. The van der Waals surface area contributed by atoms with E-state index in [2.05, 4.69) is 17.0 Å². The molecule has 0 aromatic heterocycles. The van der Waals surface area contributed by atoms with E-state index in [1.54, 1.807) is 0 Å². The Labute approximate surface area is 196 Å². The number of rotatable bonds is 7. The number of benzene rings is 3. The summed E-state index contributed by atoms with van der Waals surface area (Å²) in [6.07, 6.45) is 0.509. The molecule has 32 heavy (non-hydrogen) atoms. The van der Waals surface area contributed by atoms with Gasteiger partial charge in [-0.15, -0.1) is 12.4 Å². The molecule has 3 aromatic carbocycles. The predicted octanol–water partition coefficient (Wildman–Crippen LogP) is 4.51. The number of carbonyl (C=O) groups is 1. The number of amides is 1. The van der Waals surface area contributed by atoms with Gasteiger partial charge in [0, 0.05) is 26.7 Å². The molecule has 2 atom stereocenters. The maximum atomic E-state index is 14.0. The van der Waals surface area contributed by atoms with E-state index in [1.165, 1.54) is 0 Å². The van der Waals surface area contributed by atoms with Gasteiger partial charge in [-0.1, -0.05) is 91.0 Å². The fourth-order valence-electron chi connectivity index (χ4n) is 4.48. The molecule has 4 rings (SSSR count). The number of halogens is 1. The molecule has 1 N–H and O–H groups in total. The van der Waals surface area contributed by atoms with Crippen LogP contribution in [-0.2, 0) is 4.79 Å². The highest BCUT2D eigenvalue weighted by Gasteiger charge is 2.32. The minimum Gasteiger partial charge on any atom is -0.392 e. The SMILES string of the molecule is CN(C(=O)C(c1ccccc1)c1ccccc1)[C@@H](CN1CC[C@H](O)C1)c1ccccc1.Cl. The summed E-state index contributed by atoms with van der Waals surface area (Å²) in [4.78, 5) is 18.1. The van der Waals surface area contributed by atoms with Gasteiger partial charge in [-0.3, -0.25) is 9.69 Å². The zero-order valence-corrected chi connectivity index (χ0v) is 19.2. The summed E-state index contributed by atoms with van der Waals surface area (Å²) >= 11 is 0. The monoisotopic (exact) mass is 450 g/mol. The molecule has 4 nitrogen and oxygen atoms in total. The minimum atomic E-state index is -0.359. The fourth-order valence-corrected chi connectivity index (χ4v) is 4.48. The Hall–Kier alpha value is -2.66. The van der Waals surface area contributed by atoms with Gasteiger partial charge in [0.15, 0.2) is 0 Å². The lowest BCUT2D eigenvalue weighted by Gasteiger charge is -2.34. The number of aliphatic hydroxyl groups is 1. The van der Waals surface area contributed by atoms with Gasteiger partial charge in [0.05, 0.1) is 18.1 Å². The van der Waals surface area contributed by atoms with Crippen LogP contribution in [0.1, 0.15) is 35.1 Å². The zero-order chi connectivity index (χ0) is 21.6. The van der Waals surface area contributed by atoms with Crippen LogP contribution < -0.4 is 0 Å². The smallest absolute Gasteiger partial charge is 0.234 e. The summed E-state index contributed by atoms with van der Waals surface area (Å²) in [5.41, 5.74) is 3.10. The van der Waals surface area contributed by atoms with Crippen molar-refractivity contribution in [3.8, 4) is 0 Å². The van der Waals surface area contributed by atoms with E-state index in [0.717, 1.165) is 29.7 Å². The van der Waals surface area contributed by atoms with Gasteiger partial charge >= 0.3 is 0 Å². The second kappa shape index (κ2) is 11.3. The molecule has 1 aliphatic heterocycles. The third-order valence-electron chi connectivity index (χ3n) is 6.19. The quantitative estimate of drug-likeness (QED) is 0.576. The summed E-state index contributed by atoms with van der Waals surface area (Å²) in [5.74, 6) is -0.284. The van der Waals surface area contributed by atoms with Crippen molar-refractivity contribution >= 4 is 18.3 Å². The molecule has 0 unspecified atom stereocenters. The van der Waals surface area contributed by atoms with Gasteiger partial charge in [0.25, 0.3) is 0 Å². The van der Waals surface area contributed by atoms with Crippen LogP contribution in [0, 0.1) is 0 Å². The minimum absolute atomic E-state index is 0. The normalized spacial score (nSPS) is 17.0. The number of aliphatic hydroxyl groups excluding tert-OH is 1. The molecule has 0 spiro atoms. The van der Waals surface area contributed by atoms with Crippen molar-refractivity contribution in [1.29, 1.82) is 0 Å². The number of carbonyl (C=O) groups excluding carboxylic acids is 1. The van der Waals surface area contributed by atoms with E-state index in [1.807, 2.05) is 90.8 Å². The molecule has 3 aromatic rings. The van der Waals surface area contributed by atoms with Gasteiger partial charge < -0.3 is 10.0 Å². The molecule has 0 bridgehead atoms. The summed E-state index contributed by atoms with van der Waals surface area (Å²) in [6, 6.07) is 30.1. The van der Waals surface area contributed by atoms with Crippen LogP contribution in [0.3, 0.4) is 0 Å². The van der Waals surface area contributed by atoms with Crippen molar-refractivity contribution in [3.63, 3.8) is 0 Å². The number of hydrogen-bond acceptors (Lipinski definition) is 3. The second-order valence-corrected chi connectivity index (χ2v) is 8.33. The van der Waals surface area contributed by atoms with Crippen LogP contribution >= 0.6 is 12.4 Å². The molecule has 0 radical (unpaired) electrons. The molecule has 0 aliphatic carbocycles. The Bertz CT molecular complexity index is 929. The van der Waals surface area contributed by atoms with E-state index in [-0.39, 0.29) is 36.4 Å². The third kappa shape index (κ3) is 5.57. The second-order valence-electron chi connectivity index (χ2n) is 8.33. The van der Waals surface area contributed by atoms with Crippen molar-refractivity contribution in [3.05, 3.63) is 108 Å². The lowest BCUT2D eigenvalue weighted by atomic mass is 9.89. The van der Waals surface area contributed by atoms with Crippen LogP contribution in [0.25, 0.3) is 0 Å². The molecule has 1 aliphatic rings. The van der Waals surface area contributed by atoms with Crippen molar-refractivity contribution in [1.82, 2.24) is 9.80 Å². The van der Waals surface area contributed by atoms with E-state index >= 15 is 0 Å². The van der Waals surface area contributed by atoms with E-state index < -0.39 is 0 Å². The first-order chi connectivity index (χ1) is 15.1. The van der Waals surface area contributed by atoms with Crippen LogP contribution in [-0.4, -0.2) is 53.6 Å². The van der Waals surface area contributed by atoms with Crippen molar-refractivity contribution < 1.29 is 9.90 Å². The first kappa shape index (κ1) is 24.0. The van der Waals surface area contributed by atoms with Crippen LogP contribution in [0.2, 0.25) is 0 Å². The summed E-state index contributed by atoms with van der Waals surface area (Å²) in [7, 11) is 1.91. The predicted molar refractivity (Wildman–Crippen MR) is 131 cm³/mol. The van der Waals surface area contributed by atoms with E-state index in [9.17, 15) is 9.90 Å². The first-order valence-corrected chi connectivity index (χ1v) is 11.0. The first-order valence-electron chi connectivity index (χ1n) is 11.0. The number of likely N-dealkylation sites (tertiary alicyclic amines) is 1. The highest BCUT2D eigenvalue weighted by Crippen LogP contribution is 2.31. The maximum absolute atomic E-state index is 14.0. The average molecular weight is 451 g/mol. The molecule has 1 saturated heterocycles. The molecule has 5 heteroatoms. The van der Waals surface area contributed by atoms with Crippen molar-refractivity contribution in [2.45, 2.75) is 24.5 Å². The standard InChI is InChI=1S/C27H30N2O2.ClH/c1-28(25(21-11-5-2-6-12-21)20-29-18-17-24(30)19-29)27(31)26(22-13-7-3-8-14-22)23-15-9-4-10-16-23;/h2-16,24-26,30H,17-20H2,1H3;1H/t24-,25-;/m0./s1. The molecule has 1 amide bonds. The Morgan fingerprint density at radius 1 is 0.906 bits per heavy atom. The number of β-amino-alcohol motifs (C(OH)–C–C–N with tert-alkyl or cyclic N) is 1. The average Bonchev–Trinajstić information content (AvgIpc) is 3.24. The molecule has 1 heterocycles. The van der Waals surface area contributed by atoms with E-state index in [4.69, 9.17) is 0 Å². The summed E-state index contributed by atoms with van der Waals surface area (Å²) in [6.45, 7) is 2.22. The summed E-state index contributed by atoms with van der Waals surface area (Å²) < 4.78 is 0. The summed E-state index contributed by atoms with van der Waals surface area (Å²) in [5, 5.41) is 9.99. The Morgan fingerprint density at radius 2 is 1.38 bits per heavy atom. The number of nitrogens with zero attached hydrogens (tertiary/aromatic N) is 2. The highest BCUT2D eigenvalue weighted by atomic mass is 35.5. The van der Waals surface area contributed by atoms with Gasteiger partial charge in [0.1, 0.15) is 0 Å². The Morgan fingerprint density at radius 3 is 1.81 bits per heavy atom. The van der Waals surface area contributed by atoms with E-state index in [0.29, 0.717) is 13.1 Å². The van der Waals surface area contributed by atoms with Gasteiger partial charge in [-0.2, -0.15) is 0 Å². The fraction of sp³-hybridized carbons (Fsp3) is 0.296. The van der Waals surface area contributed by atoms with Crippen LogP contribution in [0.15, 0.2) is 91.0 Å². The van der Waals surface area contributed by atoms with Crippen LogP contribution in [0.4, 0.5) is 0 Å². The van der Waals surface area contributed by atoms with Gasteiger partial charge in [-0.25, -0.2) is 0 Å². The lowest BCUT2D eigenvalue weighted by Crippen LogP contribution is -2.41. The van der Waals surface area contributed by atoms with Crippen molar-refractivity contribution in [2.24, 2.45) is 0 Å². The lowest BCUT2D eigenvalue weighted by molar-refractivity contribution is -0.133. The third-order valence-corrected chi connectivity index (χ3v) is 6.19. The zero-order valence-electron chi connectivity index (χ0n) is 18.4. The van der Waals surface area contributed by atoms with Crippen molar-refractivity contribution in [2.75, 3.05) is 26.7 Å². The highest BCUT2D eigenvalue weighted by molar-refractivity contribution is 5.87. The largest absolute Gasteiger partial charge is 0.392 e. The molecule has 168 valence electrons. The Balaban J connectivity index is 0.00000289. The number of likely N-dealkylation sites (N-methyl/N-ethyl adjacent to an activating group) is 1. The van der Waals surface area contributed by atoms with Gasteiger partial charge in [-0.05, 0) is 23.1 Å². The molecular formula is C27H31ClN2O2.